The Balaban J connectivity index is 1.50. The first-order chi connectivity index (χ1) is 14.3. The largest absolute Gasteiger partial charge is 0.497 e. The quantitative estimate of drug-likeness (QED) is 0.702. The van der Waals surface area contributed by atoms with E-state index in [2.05, 4.69) is 25.2 Å². The minimum Gasteiger partial charge on any atom is -0.497 e. The molecular formula is C25H28N2O3. The Morgan fingerprint density at radius 1 is 1.10 bits per heavy atom. The molecule has 4 rings (SSSR count). The van der Waals surface area contributed by atoms with Crippen molar-refractivity contribution < 1.29 is 14.3 Å². The van der Waals surface area contributed by atoms with Crippen LogP contribution in [0, 0.1) is 5.92 Å². The molecule has 30 heavy (non-hydrogen) atoms. The van der Waals surface area contributed by atoms with Gasteiger partial charge in [-0.1, -0.05) is 18.2 Å². The summed E-state index contributed by atoms with van der Waals surface area (Å²) in [7, 11) is 1.64. The third-order valence-corrected chi connectivity index (χ3v) is 5.73. The van der Waals surface area contributed by atoms with E-state index >= 15 is 0 Å². The lowest BCUT2D eigenvalue weighted by Crippen LogP contribution is -2.30. The summed E-state index contributed by atoms with van der Waals surface area (Å²) in [6.07, 6.45) is 3.44. The van der Waals surface area contributed by atoms with Crippen LogP contribution in [0.4, 0.5) is 0 Å². The fourth-order valence-electron chi connectivity index (χ4n) is 3.89. The highest BCUT2D eigenvalue weighted by atomic mass is 16.5. The number of nitrogens with zero attached hydrogens (tertiary/aromatic N) is 1. The van der Waals surface area contributed by atoms with E-state index in [0.717, 1.165) is 30.0 Å². The highest BCUT2D eigenvalue weighted by Gasteiger charge is 2.28. The van der Waals surface area contributed by atoms with Gasteiger partial charge in [0.25, 0.3) is 5.91 Å². The van der Waals surface area contributed by atoms with Crippen molar-refractivity contribution in [2.24, 2.45) is 10.9 Å². The van der Waals surface area contributed by atoms with Crippen LogP contribution in [-0.2, 0) is 6.42 Å². The van der Waals surface area contributed by atoms with Gasteiger partial charge in [-0.25, -0.2) is 0 Å². The van der Waals surface area contributed by atoms with Gasteiger partial charge in [0.2, 0.25) is 0 Å². The maximum absolute atomic E-state index is 13.0. The lowest BCUT2D eigenvalue weighted by atomic mass is 9.85. The Labute approximate surface area is 177 Å². The molecule has 2 aliphatic rings. The summed E-state index contributed by atoms with van der Waals surface area (Å²) in [6.45, 7) is 4.90. The van der Waals surface area contributed by atoms with Crippen molar-refractivity contribution >= 4 is 17.4 Å². The van der Waals surface area contributed by atoms with E-state index in [1.807, 2.05) is 12.1 Å². The summed E-state index contributed by atoms with van der Waals surface area (Å²) < 4.78 is 5.37. The maximum Gasteiger partial charge on any atom is 0.251 e. The first kappa shape index (κ1) is 20.3. The number of fused-ring (bicyclic) bond motifs is 1. The first-order valence-corrected chi connectivity index (χ1v) is 10.5. The second kappa shape index (κ2) is 8.05. The van der Waals surface area contributed by atoms with Crippen LogP contribution in [0.3, 0.4) is 0 Å². The van der Waals surface area contributed by atoms with Gasteiger partial charge in [-0.15, -0.1) is 0 Å². The smallest absolute Gasteiger partial charge is 0.251 e. The standard InChI is InChI=1S/C25H28N2O3/c1-25(2)14-19-10-11-20(30-3)12-21(19)22(27-25)13-23(28)17-6-8-18(9-7-17)24(29)26-15-16-4-5-16/h6-12,16H,4-5,13-15H2,1-3H3,(H,26,29). The van der Waals surface area contributed by atoms with Crippen LogP contribution in [-0.4, -0.2) is 36.6 Å². The monoisotopic (exact) mass is 404 g/mol. The van der Waals surface area contributed by atoms with Crippen molar-refractivity contribution in [1.29, 1.82) is 0 Å². The summed E-state index contributed by atoms with van der Waals surface area (Å²) in [4.78, 5) is 30.1. The molecule has 0 bridgehead atoms. The predicted octanol–water partition coefficient (Wildman–Crippen LogP) is 4.23. The van der Waals surface area contributed by atoms with Gasteiger partial charge in [-0.05, 0) is 68.9 Å². The summed E-state index contributed by atoms with van der Waals surface area (Å²) in [5.74, 6) is 1.30. The minimum absolute atomic E-state index is 0.00911. The van der Waals surface area contributed by atoms with E-state index in [1.54, 1.807) is 31.4 Å². The normalized spacial score (nSPS) is 17.0. The summed E-state index contributed by atoms with van der Waals surface area (Å²) in [5, 5.41) is 2.95. The second-order valence-corrected chi connectivity index (χ2v) is 8.90. The number of amides is 1. The number of rotatable bonds is 7. The molecule has 5 nitrogen and oxygen atoms in total. The number of carbonyl (C=O) groups excluding carboxylic acids is 2. The van der Waals surface area contributed by atoms with E-state index in [4.69, 9.17) is 9.73 Å². The van der Waals surface area contributed by atoms with Crippen molar-refractivity contribution in [2.45, 2.75) is 45.1 Å². The molecule has 0 unspecified atom stereocenters. The number of hydrogen-bond acceptors (Lipinski definition) is 4. The van der Waals surface area contributed by atoms with Crippen molar-refractivity contribution in [3.8, 4) is 5.75 Å². The van der Waals surface area contributed by atoms with E-state index in [-0.39, 0.29) is 23.7 Å². The summed E-state index contributed by atoms with van der Waals surface area (Å²) >= 11 is 0. The molecule has 2 aromatic carbocycles. The number of carbonyl (C=O) groups is 2. The first-order valence-electron chi connectivity index (χ1n) is 10.5. The van der Waals surface area contributed by atoms with Crippen LogP contribution < -0.4 is 10.1 Å². The summed E-state index contributed by atoms with van der Waals surface area (Å²) in [5.41, 5.74) is 3.87. The number of ether oxygens (including phenoxy) is 1. The third kappa shape index (κ3) is 4.61. The number of hydrogen-bond donors (Lipinski definition) is 1. The fourth-order valence-corrected chi connectivity index (χ4v) is 3.89. The van der Waals surface area contributed by atoms with Crippen molar-refractivity contribution in [2.75, 3.05) is 13.7 Å². The molecule has 1 aliphatic carbocycles. The summed E-state index contributed by atoms with van der Waals surface area (Å²) in [6, 6.07) is 12.9. The molecule has 0 saturated heterocycles. The average molecular weight is 405 g/mol. The number of Topliss-reactive ketones (excluding diaryl/α,β-unsaturated/α-hetero) is 1. The second-order valence-electron chi connectivity index (χ2n) is 8.90. The maximum atomic E-state index is 13.0. The van der Waals surface area contributed by atoms with E-state index in [0.29, 0.717) is 17.0 Å². The Kier molecular flexibility index (Phi) is 5.46. The van der Waals surface area contributed by atoms with Gasteiger partial charge < -0.3 is 10.1 Å². The van der Waals surface area contributed by atoms with Gasteiger partial charge in [0.1, 0.15) is 5.75 Å². The molecule has 0 atom stereocenters. The minimum atomic E-state index is -0.249. The van der Waals surface area contributed by atoms with Crippen molar-refractivity contribution in [3.63, 3.8) is 0 Å². The molecule has 1 aliphatic heterocycles. The van der Waals surface area contributed by atoms with Crippen LogP contribution in [0.25, 0.3) is 0 Å². The Bertz CT molecular complexity index is 1000. The van der Waals surface area contributed by atoms with Gasteiger partial charge in [0.15, 0.2) is 5.78 Å². The molecule has 1 N–H and O–H groups in total. The van der Waals surface area contributed by atoms with Crippen molar-refractivity contribution in [1.82, 2.24) is 5.32 Å². The SMILES string of the molecule is COc1ccc2c(c1)C(CC(=O)c1ccc(C(=O)NCC3CC3)cc1)=NC(C)(C)C2. The van der Waals surface area contributed by atoms with E-state index in [1.165, 1.54) is 18.4 Å². The molecule has 5 heteroatoms. The van der Waals surface area contributed by atoms with Crippen LogP contribution in [0.2, 0.25) is 0 Å². The van der Waals surface area contributed by atoms with Gasteiger partial charge in [-0.2, -0.15) is 0 Å². The molecule has 0 aromatic heterocycles. The van der Waals surface area contributed by atoms with Crippen molar-refractivity contribution in [3.05, 3.63) is 64.7 Å². The average Bonchev–Trinajstić information content (AvgIpc) is 3.55. The Hall–Kier alpha value is -2.95. The molecule has 2 aromatic rings. The fraction of sp³-hybridized carbons (Fsp3) is 0.400. The highest BCUT2D eigenvalue weighted by Crippen LogP contribution is 2.31. The molecule has 1 fully saturated rings. The number of nitrogens with one attached hydrogen (secondary N) is 1. The molecule has 1 heterocycles. The topological polar surface area (TPSA) is 67.8 Å². The van der Waals surface area contributed by atoms with E-state index in [9.17, 15) is 9.59 Å². The molecule has 156 valence electrons. The molecule has 1 saturated carbocycles. The van der Waals surface area contributed by atoms with Gasteiger partial charge in [0.05, 0.1) is 24.8 Å². The molecule has 0 radical (unpaired) electrons. The Morgan fingerprint density at radius 3 is 2.47 bits per heavy atom. The number of benzene rings is 2. The van der Waals surface area contributed by atoms with Gasteiger partial charge >= 0.3 is 0 Å². The zero-order valence-electron chi connectivity index (χ0n) is 17.8. The number of ketones is 1. The third-order valence-electron chi connectivity index (χ3n) is 5.73. The van der Waals surface area contributed by atoms with Gasteiger partial charge in [-0.3, -0.25) is 14.6 Å². The molecule has 1 amide bonds. The number of aliphatic imine (C=N–C) groups is 1. The van der Waals surface area contributed by atoms with Crippen LogP contribution in [0.1, 0.15) is 65.0 Å². The molecule has 0 spiro atoms. The zero-order valence-corrected chi connectivity index (χ0v) is 17.8. The van der Waals surface area contributed by atoms with Gasteiger partial charge in [0, 0.05) is 23.2 Å². The zero-order chi connectivity index (χ0) is 21.3. The lowest BCUT2D eigenvalue weighted by molar-refractivity contribution is 0.0949. The van der Waals surface area contributed by atoms with Crippen LogP contribution in [0.15, 0.2) is 47.5 Å². The number of methoxy groups -OCH3 is 1. The lowest BCUT2D eigenvalue weighted by Gasteiger charge is -2.29. The van der Waals surface area contributed by atoms with Crippen LogP contribution in [0.5, 0.6) is 5.75 Å². The molecular weight excluding hydrogens is 376 g/mol. The van der Waals surface area contributed by atoms with Crippen LogP contribution >= 0.6 is 0 Å². The Morgan fingerprint density at radius 2 is 1.80 bits per heavy atom. The van der Waals surface area contributed by atoms with E-state index < -0.39 is 0 Å². The highest BCUT2D eigenvalue weighted by molar-refractivity contribution is 6.17. The predicted molar refractivity (Wildman–Crippen MR) is 118 cm³/mol.